The molecule has 0 aromatic carbocycles. The molecule has 0 spiro atoms. The Hall–Kier alpha value is -1.47. The van der Waals surface area contributed by atoms with E-state index in [0.29, 0.717) is 12.2 Å². The van der Waals surface area contributed by atoms with Crippen molar-refractivity contribution in [2.75, 3.05) is 24.2 Å². The molecule has 0 fully saturated rings. The van der Waals surface area contributed by atoms with Gasteiger partial charge in [0, 0.05) is 12.7 Å². The molecule has 2 rings (SSSR count). The van der Waals surface area contributed by atoms with Crippen molar-refractivity contribution in [1.82, 2.24) is 9.71 Å². The summed E-state index contributed by atoms with van der Waals surface area (Å²) in [6.45, 7) is 0.513. The highest BCUT2D eigenvalue weighted by Gasteiger charge is 2.27. The first kappa shape index (κ1) is 12.0. The molecule has 0 bridgehead atoms. The Bertz CT molecular complexity index is 541. The minimum Gasteiger partial charge on any atom is -0.309 e. The number of rotatable bonds is 3. The van der Waals surface area contributed by atoms with E-state index in [-0.39, 0.29) is 0 Å². The molecule has 0 saturated heterocycles. The summed E-state index contributed by atoms with van der Waals surface area (Å²) < 4.78 is 24.7. The third kappa shape index (κ3) is 2.45. The first-order valence-corrected chi connectivity index (χ1v) is 6.83. The Kier molecular flexibility index (Phi) is 3.12. The Balaban J connectivity index is 2.19. The number of anilines is 1. The van der Waals surface area contributed by atoms with Gasteiger partial charge in [-0.3, -0.25) is 9.78 Å². The van der Waals surface area contributed by atoms with Crippen molar-refractivity contribution in [3.05, 3.63) is 24.0 Å². The summed E-state index contributed by atoms with van der Waals surface area (Å²) in [4.78, 5) is 17.3. The lowest BCUT2D eigenvalue weighted by Gasteiger charge is -2.16. The second kappa shape index (κ2) is 4.42. The van der Waals surface area contributed by atoms with Crippen LogP contribution in [0.5, 0.6) is 0 Å². The van der Waals surface area contributed by atoms with E-state index < -0.39 is 21.7 Å². The summed E-state index contributed by atoms with van der Waals surface area (Å²) in [6, 6.07) is 1.84. The molecule has 0 aliphatic carbocycles. The molecule has 2 heterocycles. The lowest BCUT2D eigenvalue weighted by molar-refractivity contribution is -0.116. The molecule has 92 valence electrons. The van der Waals surface area contributed by atoms with Crippen molar-refractivity contribution in [3.63, 3.8) is 0 Å². The third-order valence-electron chi connectivity index (χ3n) is 2.71. The fourth-order valence-electron chi connectivity index (χ4n) is 1.79. The smallest absolute Gasteiger partial charge is 0.243 e. The fourth-order valence-corrected chi connectivity index (χ4v) is 2.42. The lowest BCUT2D eigenvalue weighted by Crippen LogP contribution is -2.37. The summed E-state index contributed by atoms with van der Waals surface area (Å²) in [5.74, 6) is -0.955. The standard InChI is InChI=1S/C10H13N3O3S/c1-11-17(15,16)7-10(14)13-5-3-8-2-4-12-6-9(8)13/h2,4,6,11H,3,5,7H2,1H3. The molecule has 6 nitrogen and oxygen atoms in total. The number of aromatic nitrogens is 1. The number of hydrogen-bond acceptors (Lipinski definition) is 4. The number of nitrogens with one attached hydrogen (secondary N) is 1. The van der Waals surface area contributed by atoms with Crippen LogP contribution < -0.4 is 9.62 Å². The van der Waals surface area contributed by atoms with Gasteiger partial charge in [0.2, 0.25) is 15.9 Å². The van der Waals surface area contributed by atoms with Gasteiger partial charge in [-0.05, 0) is 25.1 Å². The summed E-state index contributed by atoms with van der Waals surface area (Å²) in [7, 11) is -2.23. The van der Waals surface area contributed by atoms with E-state index in [0.717, 1.165) is 12.0 Å². The molecular formula is C10H13N3O3S. The summed E-state index contributed by atoms with van der Waals surface area (Å²) >= 11 is 0. The largest absolute Gasteiger partial charge is 0.309 e. The maximum Gasteiger partial charge on any atom is 0.243 e. The van der Waals surface area contributed by atoms with Crippen LogP contribution in [0.4, 0.5) is 5.69 Å². The van der Waals surface area contributed by atoms with Crippen LogP contribution in [0.1, 0.15) is 5.56 Å². The molecule has 0 atom stereocenters. The zero-order valence-electron chi connectivity index (χ0n) is 9.38. The van der Waals surface area contributed by atoms with Crippen LogP contribution in [0.15, 0.2) is 18.5 Å². The highest BCUT2D eigenvalue weighted by molar-refractivity contribution is 7.90. The number of pyridine rings is 1. The average molecular weight is 255 g/mol. The number of hydrogen-bond donors (Lipinski definition) is 1. The molecule has 1 amide bonds. The van der Waals surface area contributed by atoms with Crippen molar-refractivity contribution >= 4 is 21.6 Å². The van der Waals surface area contributed by atoms with E-state index in [1.54, 1.807) is 12.4 Å². The topological polar surface area (TPSA) is 79.4 Å². The second-order valence-corrected chi connectivity index (χ2v) is 5.69. The number of carbonyl (C=O) groups is 1. The number of fused-ring (bicyclic) bond motifs is 1. The van der Waals surface area contributed by atoms with E-state index in [2.05, 4.69) is 9.71 Å². The molecule has 1 aliphatic rings. The van der Waals surface area contributed by atoms with E-state index >= 15 is 0 Å². The molecule has 1 aromatic heterocycles. The Morgan fingerprint density at radius 1 is 1.59 bits per heavy atom. The van der Waals surface area contributed by atoms with Crippen LogP contribution in [-0.4, -0.2) is 38.7 Å². The fraction of sp³-hybridized carbons (Fsp3) is 0.400. The SMILES string of the molecule is CNS(=O)(=O)CC(=O)N1CCc2ccncc21. The monoisotopic (exact) mass is 255 g/mol. The van der Waals surface area contributed by atoms with Gasteiger partial charge in [-0.15, -0.1) is 0 Å². The highest BCUT2D eigenvalue weighted by Crippen LogP contribution is 2.26. The van der Waals surface area contributed by atoms with E-state index in [4.69, 9.17) is 0 Å². The second-order valence-electron chi connectivity index (χ2n) is 3.76. The van der Waals surface area contributed by atoms with Gasteiger partial charge in [-0.25, -0.2) is 13.1 Å². The third-order valence-corrected chi connectivity index (χ3v) is 3.96. The molecule has 1 N–H and O–H groups in total. The van der Waals surface area contributed by atoms with Crippen LogP contribution in [0.2, 0.25) is 0 Å². The molecule has 17 heavy (non-hydrogen) atoms. The zero-order valence-corrected chi connectivity index (χ0v) is 10.2. The Labute approximate surface area is 99.7 Å². The first-order valence-electron chi connectivity index (χ1n) is 5.18. The predicted molar refractivity (Wildman–Crippen MR) is 63.1 cm³/mol. The number of amides is 1. The normalized spacial score (nSPS) is 14.8. The average Bonchev–Trinajstić information content (AvgIpc) is 2.72. The molecule has 1 aliphatic heterocycles. The van der Waals surface area contributed by atoms with Gasteiger partial charge < -0.3 is 4.90 Å². The minimum absolute atomic E-state index is 0.425. The number of sulfonamides is 1. The van der Waals surface area contributed by atoms with Gasteiger partial charge in [0.25, 0.3) is 0 Å². The molecule has 0 unspecified atom stereocenters. The van der Waals surface area contributed by atoms with Gasteiger partial charge in [-0.1, -0.05) is 0 Å². The first-order chi connectivity index (χ1) is 8.03. The minimum atomic E-state index is -3.52. The van der Waals surface area contributed by atoms with Crippen molar-refractivity contribution in [2.45, 2.75) is 6.42 Å². The van der Waals surface area contributed by atoms with Crippen molar-refractivity contribution < 1.29 is 13.2 Å². The lowest BCUT2D eigenvalue weighted by atomic mass is 10.2. The molecular weight excluding hydrogens is 242 g/mol. The predicted octanol–water partition coefficient (Wildman–Crippen LogP) is -0.480. The number of carbonyl (C=O) groups excluding carboxylic acids is 1. The Morgan fingerprint density at radius 3 is 3.06 bits per heavy atom. The Morgan fingerprint density at radius 2 is 2.35 bits per heavy atom. The van der Waals surface area contributed by atoms with Crippen LogP contribution in [-0.2, 0) is 21.2 Å². The van der Waals surface area contributed by atoms with Gasteiger partial charge in [-0.2, -0.15) is 0 Å². The summed E-state index contributed by atoms with van der Waals surface area (Å²) in [5.41, 5.74) is 1.74. The van der Waals surface area contributed by atoms with Crippen LogP contribution >= 0.6 is 0 Å². The molecule has 0 saturated carbocycles. The van der Waals surface area contributed by atoms with Crippen molar-refractivity contribution in [3.8, 4) is 0 Å². The van der Waals surface area contributed by atoms with Crippen LogP contribution in [0.25, 0.3) is 0 Å². The maximum atomic E-state index is 11.9. The van der Waals surface area contributed by atoms with E-state index in [1.807, 2.05) is 6.07 Å². The van der Waals surface area contributed by atoms with Crippen molar-refractivity contribution in [2.24, 2.45) is 0 Å². The van der Waals surface area contributed by atoms with Crippen LogP contribution in [0.3, 0.4) is 0 Å². The van der Waals surface area contributed by atoms with Crippen LogP contribution in [0, 0.1) is 0 Å². The quantitative estimate of drug-likeness (QED) is 0.791. The maximum absolute atomic E-state index is 11.9. The number of nitrogens with zero attached hydrogens (tertiary/aromatic N) is 2. The summed E-state index contributed by atoms with van der Waals surface area (Å²) in [5, 5.41) is 0. The van der Waals surface area contributed by atoms with Gasteiger partial charge >= 0.3 is 0 Å². The molecule has 1 aromatic rings. The van der Waals surface area contributed by atoms with Crippen molar-refractivity contribution in [1.29, 1.82) is 0 Å². The van der Waals surface area contributed by atoms with E-state index in [9.17, 15) is 13.2 Å². The molecule has 7 heteroatoms. The van der Waals surface area contributed by atoms with E-state index in [1.165, 1.54) is 11.9 Å². The van der Waals surface area contributed by atoms with Gasteiger partial charge in [0.15, 0.2) is 0 Å². The highest BCUT2D eigenvalue weighted by atomic mass is 32.2. The molecule has 0 radical (unpaired) electrons. The van der Waals surface area contributed by atoms with Gasteiger partial charge in [0.05, 0.1) is 11.9 Å². The zero-order chi connectivity index (χ0) is 12.5. The van der Waals surface area contributed by atoms with Gasteiger partial charge in [0.1, 0.15) is 5.75 Å². The summed E-state index contributed by atoms with van der Waals surface area (Å²) in [6.07, 6.45) is 3.99.